The molecule has 20 heavy (non-hydrogen) atoms. The number of benzene rings is 1. The Morgan fingerprint density at radius 3 is 2.95 bits per heavy atom. The largest absolute Gasteiger partial charge is 0.355 e. The van der Waals surface area contributed by atoms with Crippen molar-refractivity contribution in [2.75, 3.05) is 13.1 Å². The van der Waals surface area contributed by atoms with Crippen LogP contribution in [0.15, 0.2) is 24.3 Å². The lowest BCUT2D eigenvalue weighted by Gasteiger charge is -2.19. The van der Waals surface area contributed by atoms with Gasteiger partial charge in [-0.15, -0.1) is 0 Å². The molecule has 1 saturated carbocycles. The average molecular weight is 272 g/mol. The second kappa shape index (κ2) is 5.96. The van der Waals surface area contributed by atoms with Gasteiger partial charge in [0.15, 0.2) is 0 Å². The zero-order valence-electron chi connectivity index (χ0n) is 12.0. The fraction of sp³-hybridized carbons (Fsp3) is 0.588. The number of carbonyl (C=O) groups excluding carboxylic acids is 1. The van der Waals surface area contributed by atoms with E-state index < -0.39 is 0 Å². The first-order valence-electron chi connectivity index (χ1n) is 7.85. The first kappa shape index (κ1) is 13.6. The molecule has 0 aliphatic heterocycles. The van der Waals surface area contributed by atoms with E-state index in [4.69, 9.17) is 5.73 Å². The highest BCUT2D eigenvalue weighted by Gasteiger charge is 2.32. The van der Waals surface area contributed by atoms with E-state index in [-0.39, 0.29) is 11.8 Å². The van der Waals surface area contributed by atoms with Gasteiger partial charge in [-0.25, -0.2) is 0 Å². The van der Waals surface area contributed by atoms with Gasteiger partial charge in [-0.3, -0.25) is 4.79 Å². The van der Waals surface area contributed by atoms with Gasteiger partial charge in [0.2, 0.25) is 5.91 Å². The van der Waals surface area contributed by atoms with Crippen molar-refractivity contribution in [2.45, 2.75) is 38.0 Å². The van der Waals surface area contributed by atoms with Crippen LogP contribution in [0.3, 0.4) is 0 Å². The first-order chi connectivity index (χ1) is 9.79. The van der Waals surface area contributed by atoms with Crippen LogP contribution in [-0.2, 0) is 11.2 Å². The van der Waals surface area contributed by atoms with E-state index in [0.29, 0.717) is 18.4 Å². The Hall–Kier alpha value is -1.35. The van der Waals surface area contributed by atoms with Crippen molar-refractivity contribution in [1.82, 2.24) is 5.32 Å². The number of hydrogen-bond donors (Lipinski definition) is 2. The normalized spacial score (nSPS) is 28.4. The summed E-state index contributed by atoms with van der Waals surface area (Å²) in [7, 11) is 0. The van der Waals surface area contributed by atoms with E-state index in [1.807, 2.05) is 0 Å². The molecule has 0 spiro atoms. The topological polar surface area (TPSA) is 55.1 Å². The Balaban J connectivity index is 1.57. The second-order valence-corrected chi connectivity index (χ2v) is 6.21. The van der Waals surface area contributed by atoms with E-state index >= 15 is 0 Å². The van der Waals surface area contributed by atoms with Gasteiger partial charge >= 0.3 is 0 Å². The molecule has 2 aliphatic carbocycles. The minimum absolute atomic E-state index is 0.150. The Morgan fingerprint density at radius 2 is 2.10 bits per heavy atom. The monoisotopic (exact) mass is 272 g/mol. The summed E-state index contributed by atoms with van der Waals surface area (Å²) in [5, 5.41) is 3.18. The van der Waals surface area contributed by atoms with Crippen molar-refractivity contribution in [3.63, 3.8) is 0 Å². The van der Waals surface area contributed by atoms with Gasteiger partial charge in [-0.05, 0) is 49.3 Å². The standard InChI is InChI=1S/C17H24N2O/c18-10-13-5-3-7-16(13)17(20)19-11-14-9-8-12-4-1-2-6-15(12)14/h1-2,4,6,13-14,16H,3,5,7-11,18H2,(H,19,20)/t13-,14?,16-/m1/s1. The third-order valence-corrected chi connectivity index (χ3v) is 5.08. The molecule has 3 nitrogen and oxygen atoms in total. The molecule has 3 rings (SSSR count). The number of fused-ring (bicyclic) bond motifs is 1. The van der Waals surface area contributed by atoms with Gasteiger partial charge in [0, 0.05) is 18.4 Å². The lowest BCUT2D eigenvalue weighted by Crippen LogP contribution is -2.36. The highest BCUT2D eigenvalue weighted by molar-refractivity contribution is 5.79. The number of carbonyl (C=O) groups is 1. The van der Waals surface area contributed by atoms with Crippen LogP contribution in [0.1, 0.15) is 42.7 Å². The molecule has 0 radical (unpaired) electrons. The van der Waals surface area contributed by atoms with E-state index in [1.54, 1.807) is 0 Å². The molecule has 1 aromatic rings. The second-order valence-electron chi connectivity index (χ2n) is 6.21. The first-order valence-corrected chi connectivity index (χ1v) is 7.85. The molecular weight excluding hydrogens is 248 g/mol. The molecule has 3 atom stereocenters. The van der Waals surface area contributed by atoms with Crippen LogP contribution >= 0.6 is 0 Å². The van der Waals surface area contributed by atoms with Crippen LogP contribution in [0.5, 0.6) is 0 Å². The SMILES string of the molecule is NC[C@H]1CCC[C@H]1C(=O)NCC1CCc2ccccc21. The Kier molecular flexibility index (Phi) is 4.06. The summed E-state index contributed by atoms with van der Waals surface area (Å²) in [4.78, 5) is 12.3. The number of aryl methyl sites for hydroxylation is 1. The maximum atomic E-state index is 12.3. The van der Waals surface area contributed by atoms with Gasteiger partial charge in [-0.1, -0.05) is 30.7 Å². The van der Waals surface area contributed by atoms with Gasteiger partial charge in [0.05, 0.1) is 0 Å². The fourth-order valence-electron chi connectivity index (χ4n) is 3.88. The van der Waals surface area contributed by atoms with Crippen molar-refractivity contribution in [1.29, 1.82) is 0 Å². The van der Waals surface area contributed by atoms with Crippen molar-refractivity contribution in [2.24, 2.45) is 17.6 Å². The summed E-state index contributed by atoms with van der Waals surface area (Å²) in [6.07, 6.45) is 5.57. The number of nitrogens with one attached hydrogen (secondary N) is 1. The van der Waals surface area contributed by atoms with E-state index in [0.717, 1.165) is 38.6 Å². The van der Waals surface area contributed by atoms with Crippen LogP contribution in [0, 0.1) is 11.8 Å². The summed E-state index contributed by atoms with van der Waals surface area (Å²) in [5.41, 5.74) is 8.64. The third kappa shape index (κ3) is 2.59. The number of nitrogens with two attached hydrogens (primary N) is 1. The zero-order chi connectivity index (χ0) is 13.9. The summed E-state index contributed by atoms with van der Waals surface area (Å²) >= 11 is 0. The summed E-state index contributed by atoms with van der Waals surface area (Å²) < 4.78 is 0. The molecule has 0 saturated heterocycles. The number of rotatable bonds is 4. The highest BCUT2D eigenvalue weighted by Crippen LogP contribution is 2.33. The van der Waals surface area contributed by atoms with Crippen molar-refractivity contribution >= 4 is 5.91 Å². The molecular formula is C17H24N2O. The van der Waals surface area contributed by atoms with Crippen LogP contribution in [0.25, 0.3) is 0 Å². The van der Waals surface area contributed by atoms with E-state index in [2.05, 4.69) is 29.6 Å². The van der Waals surface area contributed by atoms with Gasteiger partial charge in [0.1, 0.15) is 0 Å². The van der Waals surface area contributed by atoms with Crippen molar-refractivity contribution in [3.8, 4) is 0 Å². The maximum Gasteiger partial charge on any atom is 0.223 e. The Labute approximate surface area is 120 Å². The minimum atomic E-state index is 0.150. The van der Waals surface area contributed by atoms with E-state index in [9.17, 15) is 4.79 Å². The Morgan fingerprint density at radius 1 is 1.25 bits per heavy atom. The lowest BCUT2D eigenvalue weighted by atomic mass is 9.94. The van der Waals surface area contributed by atoms with Gasteiger partial charge in [-0.2, -0.15) is 0 Å². The molecule has 1 fully saturated rings. The van der Waals surface area contributed by atoms with Gasteiger partial charge in [0.25, 0.3) is 0 Å². The van der Waals surface area contributed by atoms with Crippen LogP contribution in [0.4, 0.5) is 0 Å². The predicted molar refractivity (Wildman–Crippen MR) is 80.4 cm³/mol. The molecule has 3 heteroatoms. The molecule has 108 valence electrons. The molecule has 1 aromatic carbocycles. The van der Waals surface area contributed by atoms with Crippen molar-refractivity contribution < 1.29 is 4.79 Å². The summed E-state index contributed by atoms with van der Waals surface area (Å²) in [6, 6.07) is 8.61. The van der Waals surface area contributed by atoms with Gasteiger partial charge < -0.3 is 11.1 Å². The zero-order valence-corrected chi connectivity index (χ0v) is 12.0. The summed E-state index contributed by atoms with van der Waals surface area (Å²) in [5.74, 6) is 1.26. The third-order valence-electron chi connectivity index (χ3n) is 5.08. The van der Waals surface area contributed by atoms with Crippen LogP contribution in [0.2, 0.25) is 0 Å². The molecule has 0 heterocycles. The number of hydrogen-bond acceptors (Lipinski definition) is 2. The van der Waals surface area contributed by atoms with E-state index in [1.165, 1.54) is 11.1 Å². The maximum absolute atomic E-state index is 12.3. The quantitative estimate of drug-likeness (QED) is 0.883. The smallest absolute Gasteiger partial charge is 0.223 e. The Bertz CT molecular complexity index is 486. The lowest BCUT2D eigenvalue weighted by molar-refractivity contribution is -0.126. The molecule has 3 N–H and O–H groups in total. The molecule has 1 amide bonds. The van der Waals surface area contributed by atoms with Crippen molar-refractivity contribution in [3.05, 3.63) is 35.4 Å². The summed E-state index contributed by atoms with van der Waals surface area (Å²) in [6.45, 7) is 1.42. The predicted octanol–water partition coefficient (Wildman–Crippen LogP) is 2.21. The fourth-order valence-corrected chi connectivity index (χ4v) is 3.88. The molecule has 1 unspecified atom stereocenters. The van der Waals surface area contributed by atoms with Crippen LogP contribution in [-0.4, -0.2) is 19.0 Å². The van der Waals surface area contributed by atoms with Crippen LogP contribution < -0.4 is 11.1 Å². The number of amides is 1. The molecule has 2 aliphatic rings. The minimum Gasteiger partial charge on any atom is -0.355 e. The average Bonchev–Trinajstić information content (AvgIpc) is 3.11. The highest BCUT2D eigenvalue weighted by atomic mass is 16.1. The molecule has 0 bridgehead atoms. The molecule has 0 aromatic heterocycles.